The van der Waals surface area contributed by atoms with Crippen molar-refractivity contribution in [1.29, 1.82) is 5.26 Å². The van der Waals surface area contributed by atoms with Crippen LogP contribution in [0.2, 0.25) is 0 Å². The molecule has 5 heteroatoms. The molecule has 0 unspecified atom stereocenters. The van der Waals surface area contributed by atoms with E-state index < -0.39 is 5.97 Å². The zero-order valence-electron chi connectivity index (χ0n) is 9.83. The largest absolute Gasteiger partial charge is 0.462 e. The maximum Gasteiger partial charge on any atom is 0.342 e. The van der Waals surface area contributed by atoms with Crippen LogP contribution in [0.15, 0.2) is 36.5 Å². The summed E-state index contributed by atoms with van der Waals surface area (Å²) >= 11 is 0. The Hall–Kier alpha value is -2.61. The van der Waals surface area contributed by atoms with Crippen molar-refractivity contribution in [1.82, 2.24) is 9.78 Å². The maximum atomic E-state index is 11.6. The van der Waals surface area contributed by atoms with Crippen LogP contribution in [0.25, 0.3) is 5.69 Å². The van der Waals surface area contributed by atoms with E-state index in [-0.39, 0.29) is 17.9 Å². The van der Waals surface area contributed by atoms with E-state index in [0.717, 1.165) is 5.69 Å². The van der Waals surface area contributed by atoms with Crippen molar-refractivity contribution in [2.45, 2.75) is 6.92 Å². The van der Waals surface area contributed by atoms with Crippen molar-refractivity contribution in [2.24, 2.45) is 0 Å². The first-order valence-electron chi connectivity index (χ1n) is 5.48. The van der Waals surface area contributed by atoms with Gasteiger partial charge in [-0.2, -0.15) is 10.4 Å². The van der Waals surface area contributed by atoms with Gasteiger partial charge < -0.3 is 4.74 Å². The normalized spacial score (nSPS) is 9.78. The minimum Gasteiger partial charge on any atom is -0.462 e. The minimum atomic E-state index is -0.531. The Balaban J connectivity index is 2.47. The van der Waals surface area contributed by atoms with Crippen LogP contribution in [0.5, 0.6) is 0 Å². The first kappa shape index (κ1) is 11.9. The van der Waals surface area contributed by atoms with Crippen LogP contribution in [-0.4, -0.2) is 22.4 Å². The molecule has 0 aliphatic rings. The molecule has 0 atom stereocenters. The number of para-hydroxylation sites is 1. The van der Waals surface area contributed by atoms with Gasteiger partial charge in [0.1, 0.15) is 11.6 Å². The summed E-state index contributed by atoms with van der Waals surface area (Å²) in [5.74, 6) is -0.531. The summed E-state index contributed by atoms with van der Waals surface area (Å²) in [5, 5.41) is 13.2. The molecule has 1 heterocycles. The molecule has 0 radical (unpaired) electrons. The van der Waals surface area contributed by atoms with Gasteiger partial charge in [-0.3, -0.25) is 0 Å². The summed E-state index contributed by atoms with van der Waals surface area (Å²) in [7, 11) is 0. The molecule has 0 aliphatic carbocycles. The molecule has 0 aliphatic heterocycles. The van der Waals surface area contributed by atoms with Crippen molar-refractivity contribution in [2.75, 3.05) is 6.61 Å². The van der Waals surface area contributed by atoms with Crippen LogP contribution in [0.4, 0.5) is 0 Å². The van der Waals surface area contributed by atoms with Gasteiger partial charge in [0.15, 0.2) is 5.69 Å². The highest BCUT2D eigenvalue weighted by Crippen LogP contribution is 2.14. The van der Waals surface area contributed by atoms with Crippen molar-refractivity contribution in [3.63, 3.8) is 0 Å². The summed E-state index contributed by atoms with van der Waals surface area (Å²) in [6.07, 6.45) is 1.35. The van der Waals surface area contributed by atoms with E-state index >= 15 is 0 Å². The second-order valence-corrected chi connectivity index (χ2v) is 3.49. The van der Waals surface area contributed by atoms with Gasteiger partial charge >= 0.3 is 5.97 Å². The number of carbonyl (C=O) groups is 1. The first-order valence-corrected chi connectivity index (χ1v) is 5.48. The monoisotopic (exact) mass is 241 g/mol. The zero-order valence-corrected chi connectivity index (χ0v) is 9.83. The maximum absolute atomic E-state index is 11.6. The van der Waals surface area contributed by atoms with E-state index in [4.69, 9.17) is 10.00 Å². The highest BCUT2D eigenvalue weighted by atomic mass is 16.5. The van der Waals surface area contributed by atoms with Gasteiger partial charge in [0, 0.05) is 0 Å². The summed E-state index contributed by atoms with van der Waals surface area (Å²) in [5.41, 5.74) is 1.09. The lowest BCUT2D eigenvalue weighted by atomic mass is 10.2. The van der Waals surface area contributed by atoms with Crippen LogP contribution in [0.1, 0.15) is 23.0 Å². The van der Waals surface area contributed by atoms with E-state index in [1.807, 2.05) is 36.4 Å². The molecule has 0 amide bonds. The Kier molecular flexibility index (Phi) is 3.39. The number of aromatic nitrogens is 2. The zero-order chi connectivity index (χ0) is 13.0. The lowest BCUT2D eigenvalue weighted by Crippen LogP contribution is -2.07. The standard InChI is InChI=1S/C13H11N3O2/c1-2-18-13(17)11-9-15-16(12(11)8-14)10-6-4-3-5-7-10/h3-7,9H,2H2,1H3. The summed E-state index contributed by atoms with van der Waals surface area (Å²) in [6.45, 7) is 1.98. The second-order valence-electron chi connectivity index (χ2n) is 3.49. The van der Waals surface area contributed by atoms with Gasteiger partial charge in [-0.25, -0.2) is 9.48 Å². The van der Waals surface area contributed by atoms with Crippen LogP contribution < -0.4 is 0 Å². The van der Waals surface area contributed by atoms with Crippen LogP contribution in [-0.2, 0) is 4.74 Å². The minimum absolute atomic E-state index is 0.180. The lowest BCUT2D eigenvalue weighted by Gasteiger charge is -2.03. The number of nitriles is 1. The summed E-state index contributed by atoms with van der Waals surface area (Å²) in [6, 6.07) is 11.1. The number of rotatable bonds is 3. The molecule has 0 bridgehead atoms. The number of hydrogen-bond acceptors (Lipinski definition) is 4. The highest BCUT2D eigenvalue weighted by molar-refractivity contribution is 5.91. The van der Waals surface area contributed by atoms with E-state index in [2.05, 4.69) is 5.10 Å². The van der Waals surface area contributed by atoms with E-state index in [1.165, 1.54) is 10.9 Å². The number of benzene rings is 1. The number of esters is 1. The Morgan fingerprint density at radius 2 is 2.17 bits per heavy atom. The van der Waals surface area contributed by atoms with Crippen LogP contribution in [0, 0.1) is 11.3 Å². The van der Waals surface area contributed by atoms with Gasteiger partial charge in [0.2, 0.25) is 0 Å². The fourth-order valence-corrected chi connectivity index (χ4v) is 1.58. The third-order valence-corrected chi connectivity index (χ3v) is 2.37. The third kappa shape index (κ3) is 2.09. The van der Waals surface area contributed by atoms with Crippen molar-refractivity contribution in [3.05, 3.63) is 47.8 Å². The number of ether oxygens (including phenoxy) is 1. The van der Waals surface area contributed by atoms with Gasteiger partial charge in [0.25, 0.3) is 0 Å². The Morgan fingerprint density at radius 3 is 2.78 bits per heavy atom. The molecule has 0 fully saturated rings. The Morgan fingerprint density at radius 1 is 1.44 bits per heavy atom. The molecule has 2 rings (SSSR count). The van der Waals surface area contributed by atoms with Crippen molar-refractivity contribution in [3.8, 4) is 11.8 Å². The fourth-order valence-electron chi connectivity index (χ4n) is 1.58. The first-order chi connectivity index (χ1) is 8.77. The Labute approximate surface area is 104 Å². The van der Waals surface area contributed by atoms with Gasteiger partial charge in [-0.15, -0.1) is 0 Å². The molecule has 0 saturated heterocycles. The molecular weight excluding hydrogens is 230 g/mol. The molecule has 18 heavy (non-hydrogen) atoms. The van der Waals surface area contributed by atoms with Crippen molar-refractivity contribution >= 4 is 5.97 Å². The molecule has 0 spiro atoms. The molecule has 1 aromatic heterocycles. The molecule has 2 aromatic rings. The lowest BCUT2D eigenvalue weighted by molar-refractivity contribution is 0.0526. The van der Waals surface area contributed by atoms with Gasteiger partial charge in [-0.05, 0) is 19.1 Å². The predicted octanol–water partition coefficient (Wildman–Crippen LogP) is 1.92. The van der Waals surface area contributed by atoms with Gasteiger partial charge in [0.05, 0.1) is 18.5 Å². The fraction of sp³-hybridized carbons (Fsp3) is 0.154. The average Bonchev–Trinajstić information content (AvgIpc) is 2.83. The molecule has 90 valence electrons. The summed E-state index contributed by atoms with van der Waals surface area (Å²) < 4.78 is 6.30. The Bertz CT molecular complexity index is 596. The smallest absolute Gasteiger partial charge is 0.342 e. The molecular formula is C13H11N3O2. The van der Waals surface area contributed by atoms with Crippen LogP contribution in [0.3, 0.4) is 0 Å². The van der Waals surface area contributed by atoms with E-state index in [9.17, 15) is 4.79 Å². The van der Waals surface area contributed by atoms with Crippen molar-refractivity contribution < 1.29 is 9.53 Å². The predicted molar refractivity (Wildman–Crippen MR) is 64.2 cm³/mol. The number of hydrogen-bond donors (Lipinski definition) is 0. The van der Waals surface area contributed by atoms with E-state index in [1.54, 1.807) is 6.92 Å². The molecule has 0 N–H and O–H groups in total. The van der Waals surface area contributed by atoms with Gasteiger partial charge in [-0.1, -0.05) is 18.2 Å². The van der Waals surface area contributed by atoms with Crippen LogP contribution >= 0.6 is 0 Å². The SMILES string of the molecule is CCOC(=O)c1cnn(-c2ccccc2)c1C#N. The summed E-state index contributed by atoms with van der Waals surface area (Å²) in [4.78, 5) is 11.6. The highest BCUT2D eigenvalue weighted by Gasteiger charge is 2.18. The number of carbonyl (C=O) groups excluding carboxylic acids is 1. The molecule has 0 saturated carbocycles. The third-order valence-electron chi connectivity index (χ3n) is 2.37. The number of nitrogens with zero attached hydrogens (tertiary/aromatic N) is 3. The molecule has 1 aromatic carbocycles. The topological polar surface area (TPSA) is 67.9 Å². The van der Waals surface area contributed by atoms with E-state index in [0.29, 0.717) is 0 Å². The average molecular weight is 241 g/mol. The molecule has 5 nitrogen and oxygen atoms in total. The quantitative estimate of drug-likeness (QED) is 0.770. The second kappa shape index (κ2) is 5.15.